The lowest BCUT2D eigenvalue weighted by Gasteiger charge is -2.25. The van der Waals surface area contributed by atoms with E-state index in [4.69, 9.17) is 18.0 Å². The van der Waals surface area contributed by atoms with E-state index in [1.807, 2.05) is 6.07 Å². The first-order chi connectivity index (χ1) is 9.32. The highest BCUT2D eigenvalue weighted by Gasteiger charge is 2.18. The number of thiocarbonyl (C=S) groups is 1. The summed E-state index contributed by atoms with van der Waals surface area (Å²) in [5, 5.41) is 3.00. The Hall–Kier alpha value is -1.42. The molecule has 0 radical (unpaired) electrons. The summed E-state index contributed by atoms with van der Waals surface area (Å²) < 4.78 is 0. The zero-order valence-corrected chi connectivity index (χ0v) is 13.5. The molecule has 4 heteroatoms. The summed E-state index contributed by atoms with van der Waals surface area (Å²) in [4.78, 5) is 12.5. The Morgan fingerprint density at radius 1 is 1.20 bits per heavy atom. The number of carbonyl (C=O) groups is 1. The first-order valence-corrected chi connectivity index (χ1v) is 7.41. The van der Waals surface area contributed by atoms with E-state index in [2.05, 4.69) is 33.0 Å². The molecule has 3 nitrogen and oxygen atoms in total. The fourth-order valence-corrected chi connectivity index (χ4v) is 2.49. The van der Waals surface area contributed by atoms with Crippen molar-refractivity contribution >= 4 is 23.1 Å². The highest BCUT2D eigenvalue weighted by Crippen LogP contribution is 2.19. The van der Waals surface area contributed by atoms with Crippen LogP contribution in [0.15, 0.2) is 24.3 Å². The van der Waals surface area contributed by atoms with Crippen LogP contribution in [0.3, 0.4) is 0 Å². The van der Waals surface area contributed by atoms with E-state index in [1.54, 1.807) is 18.2 Å². The Morgan fingerprint density at radius 3 is 2.25 bits per heavy atom. The van der Waals surface area contributed by atoms with Crippen LogP contribution >= 0.6 is 12.2 Å². The maximum absolute atomic E-state index is 12.2. The molecule has 0 saturated heterocycles. The summed E-state index contributed by atoms with van der Waals surface area (Å²) in [6.45, 7) is 9.43. The van der Waals surface area contributed by atoms with Gasteiger partial charge in [-0.3, -0.25) is 4.79 Å². The minimum absolute atomic E-state index is 0.0746. The number of carbonyl (C=O) groups excluding carboxylic acids is 1. The smallest absolute Gasteiger partial charge is 0.251 e. The highest BCUT2D eigenvalue weighted by atomic mass is 32.1. The lowest BCUT2D eigenvalue weighted by Crippen LogP contribution is -2.34. The van der Waals surface area contributed by atoms with Crippen molar-refractivity contribution in [2.75, 3.05) is 6.54 Å². The first kappa shape index (κ1) is 16.6. The molecule has 0 unspecified atom stereocenters. The van der Waals surface area contributed by atoms with Gasteiger partial charge in [0.15, 0.2) is 0 Å². The Labute approximate surface area is 126 Å². The molecule has 0 bridgehead atoms. The molecule has 0 heterocycles. The minimum atomic E-state index is -0.0746. The van der Waals surface area contributed by atoms with Gasteiger partial charge in [-0.05, 0) is 29.9 Å². The van der Waals surface area contributed by atoms with Crippen LogP contribution in [0.1, 0.15) is 43.6 Å². The van der Waals surface area contributed by atoms with E-state index in [-0.39, 0.29) is 5.91 Å². The van der Waals surface area contributed by atoms with Gasteiger partial charge in [-0.15, -0.1) is 0 Å². The second-order valence-electron chi connectivity index (χ2n) is 5.81. The van der Waals surface area contributed by atoms with Crippen LogP contribution in [0.25, 0.3) is 0 Å². The van der Waals surface area contributed by atoms with Gasteiger partial charge in [0.05, 0.1) is 0 Å². The first-order valence-electron chi connectivity index (χ1n) is 7.01. The summed E-state index contributed by atoms with van der Waals surface area (Å²) >= 11 is 4.93. The van der Waals surface area contributed by atoms with Crippen molar-refractivity contribution in [2.24, 2.45) is 23.5 Å². The van der Waals surface area contributed by atoms with Gasteiger partial charge >= 0.3 is 0 Å². The molecule has 0 spiro atoms. The standard InChI is InChI=1S/C16H24N2OS/c1-10(2)14(11(3)4)9-18-16(19)13-7-5-6-12(8-13)15(17)20/h5-8,10-11,14H,9H2,1-4H3,(H2,17,20)(H,18,19). The van der Waals surface area contributed by atoms with Gasteiger partial charge in [0.1, 0.15) is 4.99 Å². The van der Waals surface area contributed by atoms with Gasteiger partial charge in [0, 0.05) is 17.7 Å². The second kappa shape index (κ2) is 7.39. The number of hydrogen-bond acceptors (Lipinski definition) is 2. The van der Waals surface area contributed by atoms with E-state index < -0.39 is 0 Å². The molecule has 1 rings (SSSR count). The van der Waals surface area contributed by atoms with Gasteiger partial charge < -0.3 is 11.1 Å². The molecule has 1 aromatic carbocycles. The largest absolute Gasteiger partial charge is 0.389 e. The predicted octanol–water partition coefficient (Wildman–Crippen LogP) is 2.98. The number of amides is 1. The van der Waals surface area contributed by atoms with Crippen molar-refractivity contribution in [3.05, 3.63) is 35.4 Å². The third-order valence-electron chi connectivity index (χ3n) is 3.62. The summed E-state index contributed by atoms with van der Waals surface area (Å²) in [7, 11) is 0. The van der Waals surface area contributed by atoms with Gasteiger partial charge in [0.25, 0.3) is 5.91 Å². The van der Waals surface area contributed by atoms with E-state index in [9.17, 15) is 4.79 Å². The lowest BCUT2D eigenvalue weighted by atomic mass is 9.85. The van der Waals surface area contributed by atoms with Crippen LogP contribution < -0.4 is 11.1 Å². The maximum Gasteiger partial charge on any atom is 0.251 e. The van der Waals surface area contributed by atoms with Crippen molar-refractivity contribution < 1.29 is 4.79 Å². The minimum Gasteiger partial charge on any atom is -0.389 e. The van der Waals surface area contributed by atoms with Crippen molar-refractivity contribution in [3.63, 3.8) is 0 Å². The zero-order chi connectivity index (χ0) is 15.3. The second-order valence-corrected chi connectivity index (χ2v) is 6.25. The van der Waals surface area contributed by atoms with Crippen LogP contribution in [-0.2, 0) is 0 Å². The Bertz CT molecular complexity index is 475. The topological polar surface area (TPSA) is 55.1 Å². The van der Waals surface area contributed by atoms with Crippen LogP contribution in [-0.4, -0.2) is 17.4 Å². The van der Waals surface area contributed by atoms with E-state index in [0.717, 1.165) is 5.56 Å². The van der Waals surface area contributed by atoms with Crippen LogP contribution in [0.2, 0.25) is 0 Å². The average molecular weight is 292 g/mol. The number of nitrogens with one attached hydrogen (secondary N) is 1. The van der Waals surface area contributed by atoms with Crippen molar-refractivity contribution in [1.82, 2.24) is 5.32 Å². The Kier molecular flexibility index (Phi) is 6.14. The van der Waals surface area contributed by atoms with Crippen molar-refractivity contribution in [1.29, 1.82) is 0 Å². The number of benzene rings is 1. The monoisotopic (exact) mass is 292 g/mol. The average Bonchev–Trinajstić information content (AvgIpc) is 2.38. The molecule has 0 aromatic heterocycles. The third kappa shape index (κ3) is 4.60. The van der Waals surface area contributed by atoms with Gasteiger partial charge in [0.2, 0.25) is 0 Å². The molecule has 0 aliphatic rings. The summed E-state index contributed by atoms with van der Waals surface area (Å²) in [6.07, 6.45) is 0. The molecule has 1 aromatic rings. The summed E-state index contributed by atoms with van der Waals surface area (Å²) in [5.74, 6) is 1.48. The van der Waals surface area contributed by atoms with E-state index >= 15 is 0 Å². The van der Waals surface area contributed by atoms with Crippen LogP contribution in [0.4, 0.5) is 0 Å². The number of rotatable bonds is 6. The normalized spacial score (nSPS) is 11.2. The molecule has 110 valence electrons. The molecular weight excluding hydrogens is 268 g/mol. The Morgan fingerprint density at radius 2 is 1.75 bits per heavy atom. The highest BCUT2D eigenvalue weighted by molar-refractivity contribution is 7.80. The molecule has 0 fully saturated rings. The molecule has 1 amide bonds. The Balaban J connectivity index is 2.72. The third-order valence-corrected chi connectivity index (χ3v) is 3.86. The molecule has 0 aliphatic heterocycles. The van der Waals surface area contributed by atoms with E-state index in [1.165, 1.54) is 0 Å². The maximum atomic E-state index is 12.2. The number of hydrogen-bond donors (Lipinski definition) is 2. The summed E-state index contributed by atoms with van der Waals surface area (Å²) in [5.41, 5.74) is 6.90. The van der Waals surface area contributed by atoms with Crippen LogP contribution in [0, 0.1) is 17.8 Å². The van der Waals surface area contributed by atoms with Crippen molar-refractivity contribution in [2.45, 2.75) is 27.7 Å². The summed E-state index contributed by atoms with van der Waals surface area (Å²) in [6, 6.07) is 7.12. The quantitative estimate of drug-likeness (QED) is 0.793. The molecule has 0 atom stereocenters. The fraction of sp³-hybridized carbons (Fsp3) is 0.500. The molecule has 0 saturated carbocycles. The SMILES string of the molecule is CC(C)C(CNC(=O)c1cccc(C(N)=S)c1)C(C)C. The zero-order valence-electron chi connectivity index (χ0n) is 12.6. The number of nitrogens with two attached hydrogens (primary N) is 1. The molecule has 3 N–H and O–H groups in total. The fourth-order valence-electron chi connectivity index (χ4n) is 2.37. The lowest BCUT2D eigenvalue weighted by molar-refractivity contribution is 0.0937. The van der Waals surface area contributed by atoms with E-state index in [0.29, 0.717) is 34.9 Å². The molecule has 20 heavy (non-hydrogen) atoms. The van der Waals surface area contributed by atoms with Crippen LogP contribution in [0.5, 0.6) is 0 Å². The predicted molar refractivity (Wildman–Crippen MR) is 87.8 cm³/mol. The van der Waals surface area contributed by atoms with Gasteiger partial charge in [-0.2, -0.15) is 0 Å². The van der Waals surface area contributed by atoms with Gasteiger partial charge in [-0.25, -0.2) is 0 Å². The van der Waals surface area contributed by atoms with Crippen molar-refractivity contribution in [3.8, 4) is 0 Å². The van der Waals surface area contributed by atoms with Gasteiger partial charge in [-0.1, -0.05) is 52.0 Å². The molecule has 0 aliphatic carbocycles. The molecular formula is C16H24N2OS.